The van der Waals surface area contributed by atoms with Crippen LogP contribution in [0.3, 0.4) is 0 Å². The molecule has 1 aliphatic rings. The molecule has 0 radical (unpaired) electrons. The maximum atomic E-state index is 12.3. The number of hydrogen-bond donors (Lipinski definition) is 2. The van der Waals surface area contributed by atoms with Crippen LogP contribution in [-0.2, 0) is 9.53 Å². The Kier molecular flexibility index (Phi) is 6.09. The van der Waals surface area contributed by atoms with E-state index in [-0.39, 0.29) is 23.9 Å². The van der Waals surface area contributed by atoms with Gasteiger partial charge in [-0.2, -0.15) is 0 Å². The highest BCUT2D eigenvalue weighted by molar-refractivity contribution is 5.79. The van der Waals surface area contributed by atoms with E-state index in [1.165, 1.54) is 0 Å². The summed E-state index contributed by atoms with van der Waals surface area (Å²) in [6.07, 6.45) is 2.81. The SMILES string of the molecule is COCC(NC(=O)C1CC(C)CC(N)C1)C(C)C. The summed E-state index contributed by atoms with van der Waals surface area (Å²) in [5.74, 6) is 1.14. The number of hydrogen-bond acceptors (Lipinski definition) is 3. The monoisotopic (exact) mass is 256 g/mol. The second-order valence-corrected chi connectivity index (χ2v) is 6.08. The summed E-state index contributed by atoms with van der Waals surface area (Å²) in [5, 5.41) is 3.11. The van der Waals surface area contributed by atoms with E-state index < -0.39 is 0 Å². The summed E-state index contributed by atoms with van der Waals surface area (Å²) in [6, 6.07) is 0.264. The van der Waals surface area contributed by atoms with Crippen molar-refractivity contribution in [2.24, 2.45) is 23.5 Å². The van der Waals surface area contributed by atoms with Crippen molar-refractivity contribution in [1.29, 1.82) is 0 Å². The lowest BCUT2D eigenvalue weighted by molar-refractivity contribution is -0.128. The Balaban J connectivity index is 2.52. The average molecular weight is 256 g/mol. The number of nitrogens with two attached hydrogens (primary N) is 1. The summed E-state index contributed by atoms with van der Waals surface area (Å²) >= 11 is 0. The summed E-state index contributed by atoms with van der Waals surface area (Å²) < 4.78 is 5.16. The van der Waals surface area contributed by atoms with Gasteiger partial charge in [0.1, 0.15) is 0 Å². The van der Waals surface area contributed by atoms with E-state index in [2.05, 4.69) is 26.1 Å². The van der Waals surface area contributed by atoms with Crippen molar-refractivity contribution in [1.82, 2.24) is 5.32 Å². The predicted molar refractivity (Wildman–Crippen MR) is 73.1 cm³/mol. The largest absolute Gasteiger partial charge is 0.383 e. The Hall–Kier alpha value is -0.610. The Bertz CT molecular complexity index is 259. The van der Waals surface area contributed by atoms with E-state index in [4.69, 9.17) is 10.5 Å². The number of ether oxygens (including phenoxy) is 1. The molecule has 0 bridgehead atoms. The van der Waals surface area contributed by atoms with Crippen LogP contribution in [0.1, 0.15) is 40.0 Å². The van der Waals surface area contributed by atoms with Crippen molar-refractivity contribution in [2.45, 2.75) is 52.1 Å². The highest BCUT2D eigenvalue weighted by atomic mass is 16.5. The summed E-state index contributed by atoms with van der Waals surface area (Å²) in [7, 11) is 1.67. The quantitative estimate of drug-likeness (QED) is 0.784. The zero-order chi connectivity index (χ0) is 13.7. The summed E-state index contributed by atoms with van der Waals surface area (Å²) in [6.45, 7) is 6.94. The molecule has 1 amide bonds. The first-order valence-corrected chi connectivity index (χ1v) is 6.98. The normalized spacial score (nSPS) is 30.2. The fourth-order valence-electron chi connectivity index (χ4n) is 2.75. The summed E-state index contributed by atoms with van der Waals surface area (Å²) in [4.78, 5) is 12.3. The average Bonchev–Trinajstić information content (AvgIpc) is 2.26. The van der Waals surface area contributed by atoms with E-state index >= 15 is 0 Å². The van der Waals surface area contributed by atoms with Gasteiger partial charge in [-0.1, -0.05) is 20.8 Å². The number of amides is 1. The van der Waals surface area contributed by atoms with Crippen LogP contribution < -0.4 is 11.1 Å². The molecule has 3 N–H and O–H groups in total. The molecule has 0 aromatic heterocycles. The van der Waals surface area contributed by atoms with E-state index in [1.807, 2.05) is 0 Å². The Morgan fingerprint density at radius 3 is 2.56 bits per heavy atom. The van der Waals surface area contributed by atoms with Crippen LogP contribution in [-0.4, -0.2) is 31.7 Å². The van der Waals surface area contributed by atoms with Gasteiger partial charge in [0.25, 0.3) is 0 Å². The molecule has 0 spiro atoms. The molecule has 4 nitrogen and oxygen atoms in total. The molecule has 0 heterocycles. The van der Waals surface area contributed by atoms with E-state index in [0.717, 1.165) is 19.3 Å². The standard InChI is InChI=1S/C14H28N2O2/c1-9(2)13(8-18-4)16-14(17)11-5-10(3)6-12(15)7-11/h9-13H,5-8,15H2,1-4H3,(H,16,17). The van der Waals surface area contributed by atoms with Gasteiger partial charge in [0, 0.05) is 19.1 Å². The molecule has 4 heteroatoms. The zero-order valence-corrected chi connectivity index (χ0v) is 12.1. The van der Waals surface area contributed by atoms with Gasteiger partial charge in [-0.25, -0.2) is 0 Å². The van der Waals surface area contributed by atoms with Gasteiger partial charge in [0.15, 0.2) is 0 Å². The molecular formula is C14H28N2O2. The van der Waals surface area contributed by atoms with Crippen molar-refractivity contribution in [2.75, 3.05) is 13.7 Å². The number of nitrogens with one attached hydrogen (secondary N) is 1. The maximum absolute atomic E-state index is 12.3. The lowest BCUT2D eigenvalue weighted by Crippen LogP contribution is -2.47. The fraction of sp³-hybridized carbons (Fsp3) is 0.929. The molecular weight excluding hydrogens is 228 g/mol. The molecule has 0 aliphatic heterocycles. The molecule has 0 aromatic rings. The second-order valence-electron chi connectivity index (χ2n) is 6.08. The number of methoxy groups -OCH3 is 1. The number of carbonyl (C=O) groups excluding carboxylic acids is 1. The number of rotatable bonds is 5. The van der Waals surface area contributed by atoms with Crippen LogP contribution >= 0.6 is 0 Å². The topological polar surface area (TPSA) is 64.3 Å². The molecule has 4 atom stereocenters. The first-order valence-electron chi connectivity index (χ1n) is 6.98. The summed E-state index contributed by atoms with van der Waals surface area (Å²) in [5.41, 5.74) is 6.00. The van der Waals surface area contributed by atoms with Crippen LogP contribution in [0.5, 0.6) is 0 Å². The van der Waals surface area contributed by atoms with Gasteiger partial charge < -0.3 is 15.8 Å². The molecule has 1 fully saturated rings. The second kappa shape index (κ2) is 7.10. The lowest BCUT2D eigenvalue weighted by atomic mass is 9.79. The minimum absolute atomic E-state index is 0.0712. The van der Waals surface area contributed by atoms with Gasteiger partial charge in [-0.3, -0.25) is 4.79 Å². The van der Waals surface area contributed by atoms with Crippen LogP contribution in [0.4, 0.5) is 0 Å². The first-order chi connectivity index (χ1) is 8.43. The fourth-order valence-corrected chi connectivity index (χ4v) is 2.75. The van der Waals surface area contributed by atoms with Gasteiger partial charge >= 0.3 is 0 Å². The molecule has 18 heavy (non-hydrogen) atoms. The van der Waals surface area contributed by atoms with E-state index in [1.54, 1.807) is 7.11 Å². The van der Waals surface area contributed by atoms with Crippen molar-refractivity contribution >= 4 is 5.91 Å². The van der Waals surface area contributed by atoms with Gasteiger partial charge in [0.2, 0.25) is 5.91 Å². The Labute approximate surface area is 111 Å². The van der Waals surface area contributed by atoms with Crippen LogP contribution in [0.2, 0.25) is 0 Å². The Morgan fingerprint density at radius 2 is 2.06 bits per heavy atom. The van der Waals surface area contributed by atoms with Gasteiger partial charge in [-0.05, 0) is 31.1 Å². The van der Waals surface area contributed by atoms with E-state index in [0.29, 0.717) is 18.4 Å². The molecule has 1 rings (SSSR count). The van der Waals surface area contributed by atoms with Crippen molar-refractivity contribution in [3.05, 3.63) is 0 Å². The zero-order valence-electron chi connectivity index (χ0n) is 12.1. The third-order valence-corrected chi connectivity index (χ3v) is 3.83. The van der Waals surface area contributed by atoms with Crippen LogP contribution in [0, 0.1) is 17.8 Å². The molecule has 0 aromatic carbocycles. The van der Waals surface area contributed by atoms with E-state index in [9.17, 15) is 4.79 Å². The first kappa shape index (κ1) is 15.4. The van der Waals surface area contributed by atoms with Crippen LogP contribution in [0.25, 0.3) is 0 Å². The minimum Gasteiger partial charge on any atom is -0.383 e. The van der Waals surface area contributed by atoms with Crippen molar-refractivity contribution in [3.8, 4) is 0 Å². The highest BCUT2D eigenvalue weighted by Gasteiger charge is 2.30. The molecule has 106 valence electrons. The molecule has 0 saturated heterocycles. The van der Waals surface area contributed by atoms with Gasteiger partial charge in [-0.15, -0.1) is 0 Å². The lowest BCUT2D eigenvalue weighted by Gasteiger charge is -2.32. The minimum atomic E-state index is 0.0712. The Morgan fingerprint density at radius 1 is 1.39 bits per heavy atom. The number of carbonyl (C=O) groups is 1. The predicted octanol–water partition coefficient (Wildman–Crippen LogP) is 1.54. The van der Waals surface area contributed by atoms with Crippen LogP contribution in [0.15, 0.2) is 0 Å². The maximum Gasteiger partial charge on any atom is 0.223 e. The smallest absolute Gasteiger partial charge is 0.223 e. The molecule has 4 unspecified atom stereocenters. The molecule has 1 saturated carbocycles. The highest BCUT2D eigenvalue weighted by Crippen LogP contribution is 2.28. The van der Waals surface area contributed by atoms with Gasteiger partial charge in [0.05, 0.1) is 12.6 Å². The third kappa shape index (κ3) is 4.58. The molecule has 1 aliphatic carbocycles. The van der Waals surface area contributed by atoms with Crippen molar-refractivity contribution in [3.63, 3.8) is 0 Å². The van der Waals surface area contributed by atoms with Crippen molar-refractivity contribution < 1.29 is 9.53 Å². The third-order valence-electron chi connectivity index (χ3n) is 3.83.